The van der Waals surface area contributed by atoms with Crippen LogP contribution in [-0.4, -0.2) is 61.8 Å². The van der Waals surface area contributed by atoms with E-state index >= 15 is 0 Å². The Balaban J connectivity index is 1.63. The molecule has 8 nitrogen and oxygen atoms in total. The van der Waals surface area contributed by atoms with Gasteiger partial charge in [-0.3, -0.25) is 0 Å². The van der Waals surface area contributed by atoms with E-state index in [-0.39, 0.29) is 29.6 Å². The molecule has 0 bridgehead atoms. The van der Waals surface area contributed by atoms with Gasteiger partial charge in [-0.1, -0.05) is 12.1 Å². The minimum absolute atomic E-state index is 0.0152. The largest absolute Gasteiger partial charge is 0.508 e. The van der Waals surface area contributed by atoms with Gasteiger partial charge in [0.2, 0.25) is 6.29 Å². The first-order valence-electron chi connectivity index (χ1n) is 8.50. The van der Waals surface area contributed by atoms with Crippen molar-refractivity contribution in [3.05, 3.63) is 47.5 Å². The number of hydrogen-bond acceptors (Lipinski definition) is 8. The number of aliphatic hydroxyl groups excluding tert-OH is 3. The van der Waals surface area contributed by atoms with Gasteiger partial charge in [-0.15, -0.1) is 0 Å². The third kappa shape index (κ3) is 4.42. The highest BCUT2D eigenvalue weighted by molar-refractivity contribution is 5.42. The number of phenolic OH excluding ortho intramolecular Hbond substituents is 3. The van der Waals surface area contributed by atoms with Crippen LogP contribution in [0.3, 0.4) is 0 Å². The minimum Gasteiger partial charge on any atom is -0.508 e. The van der Waals surface area contributed by atoms with E-state index in [1.807, 2.05) is 0 Å². The Labute approximate surface area is 155 Å². The van der Waals surface area contributed by atoms with Crippen LogP contribution >= 0.6 is 0 Å². The molecule has 0 unspecified atom stereocenters. The molecule has 0 radical (unpaired) electrons. The first-order chi connectivity index (χ1) is 12.8. The molecule has 8 heteroatoms. The zero-order chi connectivity index (χ0) is 19.6. The Hall–Kier alpha value is -2.52. The Morgan fingerprint density at radius 1 is 0.852 bits per heavy atom. The van der Waals surface area contributed by atoms with Gasteiger partial charge in [-0.25, -0.2) is 0 Å². The summed E-state index contributed by atoms with van der Waals surface area (Å²) in [5.41, 5.74) is 1.26. The molecule has 1 aliphatic heterocycles. The summed E-state index contributed by atoms with van der Waals surface area (Å²) in [6, 6.07) is 8.93. The molecule has 6 N–H and O–H groups in total. The Morgan fingerprint density at radius 2 is 1.48 bits per heavy atom. The number of hydrogen-bond donors (Lipinski definition) is 6. The summed E-state index contributed by atoms with van der Waals surface area (Å²) in [6.07, 6.45) is -4.26. The molecular formula is C19H22O8. The zero-order valence-electron chi connectivity index (χ0n) is 14.4. The monoisotopic (exact) mass is 378 g/mol. The molecule has 146 valence electrons. The molecular weight excluding hydrogens is 356 g/mol. The standard InChI is InChI=1S/C19H22O8/c20-12-5-3-10(14(21)7-12)1-2-11-4-6-13(8-15(11)22)27-19-18(25)17(24)16(23)9-26-19/h3-8,16-25H,1-2,9H2/t16-,17+,18-,19+/m1/s1. The van der Waals surface area contributed by atoms with E-state index in [2.05, 4.69) is 0 Å². The first-order valence-corrected chi connectivity index (χ1v) is 8.50. The van der Waals surface area contributed by atoms with Crippen LogP contribution < -0.4 is 4.74 Å². The summed E-state index contributed by atoms with van der Waals surface area (Å²) in [5.74, 6) is 0.164. The van der Waals surface area contributed by atoms with Gasteiger partial charge in [0.15, 0.2) is 0 Å². The maximum atomic E-state index is 10.2. The maximum Gasteiger partial charge on any atom is 0.228 e. The van der Waals surface area contributed by atoms with E-state index < -0.39 is 24.6 Å². The van der Waals surface area contributed by atoms with Crippen LogP contribution in [0.2, 0.25) is 0 Å². The first kappa shape index (κ1) is 19.2. The number of phenols is 3. The molecule has 1 aliphatic rings. The summed E-state index contributed by atoms with van der Waals surface area (Å²) in [5, 5.41) is 58.3. The van der Waals surface area contributed by atoms with Crippen molar-refractivity contribution >= 4 is 0 Å². The Kier molecular flexibility index (Phi) is 5.71. The maximum absolute atomic E-state index is 10.2. The smallest absolute Gasteiger partial charge is 0.228 e. The van der Waals surface area contributed by atoms with Gasteiger partial charge in [-0.05, 0) is 36.1 Å². The number of aromatic hydroxyl groups is 3. The number of aliphatic hydroxyl groups is 3. The second-order valence-corrected chi connectivity index (χ2v) is 6.47. The summed E-state index contributed by atoms with van der Waals surface area (Å²) in [4.78, 5) is 0. The third-order valence-electron chi connectivity index (χ3n) is 4.50. The van der Waals surface area contributed by atoms with E-state index in [0.29, 0.717) is 24.0 Å². The fourth-order valence-electron chi connectivity index (χ4n) is 2.88. The molecule has 1 heterocycles. The number of benzene rings is 2. The highest BCUT2D eigenvalue weighted by Crippen LogP contribution is 2.29. The normalized spacial score (nSPS) is 25.3. The topological polar surface area (TPSA) is 140 Å². The van der Waals surface area contributed by atoms with Crippen LogP contribution in [0.25, 0.3) is 0 Å². The molecule has 4 atom stereocenters. The van der Waals surface area contributed by atoms with E-state index in [0.717, 1.165) is 0 Å². The van der Waals surface area contributed by atoms with E-state index in [1.165, 1.54) is 18.2 Å². The zero-order valence-corrected chi connectivity index (χ0v) is 14.4. The van der Waals surface area contributed by atoms with Crippen LogP contribution in [-0.2, 0) is 17.6 Å². The van der Waals surface area contributed by atoms with Crippen molar-refractivity contribution < 1.29 is 40.1 Å². The lowest BCUT2D eigenvalue weighted by Crippen LogP contribution is -2.54. The van der Waals surface area contributed by atoms with Gasteiger partial charge >= 0.3 is 0 Å². The Morgan fingerprint density at radius 3 is 2.11 bits per heavy atom. The van der Waals surface area contributed by atoms with Crippen molar-refractivity contribution in [2.45, 2.75) is 37.4 Å². The minimum atomic E-state index is -1.42. The summed E-state index contributed by atoms with van der Waals surface area (Å²) < 4.78 is 10.6. The summed E-state index contributed by atoms with van der Waals surface area (Å²) in [7, 11) is 0. The third-order valence-corrected chi connectivity index (χ3v) is 4.50. The van der Waals surface area contributed by atoms with Crippen molar-refractivity contribution in [3.63, 3.8) is 0 Å². The van der Waals surface area contributed by atoms with Gasteiger partial charge < -0.3 is 40.1 Å². The number of ether oxygens (including phenoxy) is 2. The van der Waals surface area contributed by atoms with Crippen LogP contribution in [0.15, 0.2) is 36.4 Å². The summed E-state index contributed by atoms with van der Waals surface area (Å²) in [6.45, 7) is -0.177. The van der Waals surface area contributed by atoms with Crippen LogP contribution in [0, 0.1) is 0 Å². The van der Waals surface area contributed by atoms with Crippen LogP contribution in [0.5, 0.6) is 23.0 Å². The molecule has 0 aromatic heterocycles. The van der Waals surface area contributed by atoms with E-state index in [4.69, 9.17) is 9.47 Å². The van der Waals surface area contributed by atoms with E-state index in [9.17, 15) is 30.6 Å². The fraction of sp³-hybridized carbons (Fsp3) is 0.368. The number of rotatable bonds is 5. The molecule has 0 aliphatic carbocycles. The van der Waals surface area contributed by atoms with Crippen molar-refractivity contribution in [2.75, 3.05) is 6.61 Å². The van der Waals surface area contributed by atoms with Crippen molar-refractivity contribution in [3.8, 4) is 23.0 Å². The van der Waals surface area contributed by atoms with Crippen LogP contribution in [0.1, 0.15) is 11.1 Å². The molecule has 0 amide bonds. The van der Waals surface area contributed by atoms with Gasteiger partial charge in [0.25, 0.3) is 0 Å². The molecule has 2 aromatic carbocycles. The second-order valence-electron chi connectivity index (χ2n) is 6.47. The molecule has 1 fully saturated rings. The predicted molar refractivity (Wildman–Crippen MR) is 93.7 cm³/mol. The molecule has 2 aromatic rings. The van der Waals surface area contributed by atoms with Crippen molar-refractivity contribution in [1.82, 2.24) is 0 Å². The number of aryl methyl sites for hydroxylation is 2. The Bertz CT molecular complexity index is 793. The lowest BCUT2D eigenvalue weighted by molar-refractivity contribution is -0.242. The molecule has 0 spiro atoms. The van der Waals surface area contributed by atoms with Crippen LogP contribution in [0.4, 0.5) is 0 Å². The second kappa shape index (κ2) is 8.01. The molecule has 1 saturated heterocycles. The molecule has 3 rings (SSSR count). The SMILES string of the molecule is Oc1ccc(CCc2ccc(O[C@@H]3OC[C@@H](O)[C@H](O)[C@H]3O)cc2O)c(O)c1. The highest BCUT2D eigenvalue weighted by atomic mass is 16.7. The van der Waals surface area contributed by atoms with Gasteiger partial charge in [-0.2, -0.15) is 0 Å². The summed E-state index contributed by atoms with van der Waals surface area (Å²) >= 11 is 0. The predicted octanol–water partition coefficient (Wildman–Crippen LogP) is 0.406. The van der Waals surface area contributed by atoms with Gasteiger partial charge in [0, 0.05) is 12.1 Å². The van der Waals surface area contributed by atoms with Gasteiger partial charge in [0.1, 0.15) is 41.3 Å². The quantitative estimate of drug-likeness (QED) is 0.440. The fourth-order valence-corrected chi connectivity index (χ4v) is 2.88. The molecule has 0 saturated carbocycles. The molecule has 27 heavy (non-hydrogen) atoms. The average molecular weight is 378 g/mol. The van der Waals surface area contributed by atoms with E-state index in [1.54, 1.807) is 18.2 Å². The average Bonchev–Trinajstić information content (AvgIpc) is 2.63. The highest BCUT2D eigenvalue weighted by Gasteiger charge is 2.39. The lowest BCUT2D eigenvalue weighted by atomic mass is 10.0. The van der Waals surface area contributed by atoms with Gasteiger partial charge in [0.05, 0.1) is 6.61 Å². The van der Waals surface area contributed by atoms with Crippen molar-refractivity contribution in [1.29, 1.82) is 0 Å². The van der Waals surface area contributed by atoms with Crippen molar-refractivity contribution in [2.24, 2.45) is 0 Å². The lowest BCUT2D eigenvalue weighted by Gasteiger charge is -2.34.